The number of carbonyl (C=O) groups is 1. The van der Waals surface area contributed by atoms with E-state index in [9.17, 15) is 4.79 Å². The molecule has 0 aliphatic carbocycles. The number of nitrogens with zero attached hydrogens (tertiary/aromatic N) is 3. The number of rotatable bonds is 3. The van der Waals surface area contributed by atoms with E-state index >= 15 is 0 Å². The summed E-state index contributed by atoms with van der Waals surface area (Å²) in [6.07, 6.45) is 2.83. The zero-order valence-corrected chi connectivity index (χ0v) is 14.8. The first-order chi connectivity index (χ1) is 12.1. The van der Waals surface area contributed by atoms with Gasteiger partial charge in [0.25, 0.3) is 0 Å². The number of amides is 2. The van der Waals surface area contributed by atoms with E-state index < -0.39 is 0 Å². The van der Waals surface area contributed by atoms with Crippen molar-refractivity contribution in [1.29, 1.82) is 0 Å². The molecule has 2 heterocycles. The molecule has 6 heteroatoms. The normalized spacial score (nSPS) is 15.5. The highest BCUT2D eigenvalue weighted by molar-refractivity contribution is 5.99. The van der Waals surface area contributed by atoms with E-state index in [0.717, 1.165) is 37.4 Å². The number of likely N-dealkylation sites (N-methyl/N-ethyl adjacent to an activating group) is 1. The van der Waals surface area contributed by atoms with Gasteiger partial charge in [-0.05, 0) is 62.8 Å². The van der Waals surface area contributed by atoms with Crippen LogP contribution in [0.2, 0.25) is 0 Å². The van der Waals surface area contributed by atoms with Crippen molar-refractivity contribution in [1.82, 2.24) is 9.88 Å². The molecule has 6 nitrogen and oxygen atoms in total. The number of benzene rings is 1. The van der Waals surface area contributed by atoms with E-state index in [1.807, 2.05) is 31.2 Å². The maximum absolute atomic E-state index is 12.1. The Morgan fingerprint density at radius 2 is 1.84 bits per heavy atom. The first kappa shape index (κ1) is 17.2. The van der Waals surface area contributed by atoms with Crippen molar-refractivity contribution >= 4 is 23.2 Å². The third-order valence-corrected chi connectivity index (χ3v) is 4.45. The fourth-order valence-electron chi connectivity index (χ4n) is 2.95. The van der Waals surface area contributed by atoms with Gasteiger partial charge in [0.2, 0.25) is 0 Å². The molecular formula is C19H25N5O. The Morgan fingerprint density at radius 3 is 2.60 bits per heavy atom. The van der Waals surface area contributed by atoms with Gasteiger partial charge in [-0.3, -0.25) is 5.32 Å². The summed E-state index contributed by atoms with van der Waals surface area (Å²) in [6, 6.07) is 11.5. The molecule has 0 unspecified atom stereocenters. The molecule has 2 N–H and O–H groups in total. The van der Waals surface area contributed by atoms with Crippen LogP contribution in [-0.2, 0) is 0 Å². The van der Waals surface area contributed by atoms with Crippen LogP contribution in [0.25, 0.3) is 0 Å². The summed E-state index contributed by atoms with van der Waals surface area (Å²) >= 11 is 0. The summed E-state index contributed by atoms with van der Waals surface area (Å²) in [5.74, 6) is 0.574. The molecule has 25 heavy (non-hydrogen) atoms. The van der Waals surface area contributed by atoms with Crippen LogP contribution < -0.4 is 15.5 Å². The zero-order chi connectivity index (χ0) is 17.6. The average Bonchev–Trinajstić information content (AvgIpc) is 2.82. The summed E-state index contributed by atoms with van der Waals surface area (Å²) in [4.78, 5) is 21.0. The lowest BCUT2D eigenvalue weighted by atomic mass is 10.2. The van der Waals surface area contributed by atoms with E-state index in [-0.39, 0.29) is 6.03 Å². The summed E-state index contributed by atoms with van der Waals surface area (Å²) in [7, 11) is 2.17. The van der Waals surface area contributed by atoms with E-state index in [1.54, 1.807) is 6.20 Å². The van der Waals surface area contributed by atoms with Gasteiger partial charge in [0.05, 0.1) is 0 Å². The number of hydrogen-bond donors (Lipinski definition) is 2. The third kappa shape index (κ3) is 4.70. The monoisotopic (exact) mass is 339 g/mol. The van der Waals surface area contributed by atoms with Gasteiger partial charge in [-0.1, -0.05) is 6.07 Å². The lowest BCUT2D eigenvalue weighted by Crippen LogP contribution is -2.28. The van der Waals surface area contributed by atoms with Gasteiger partial charge in [-0.15, -0.1) is 0 Å². The van der Waals surface area contributed by atoms with Gasteiger partial charge >= 0.3 is 6.03 Å². The predicted molar refractivity (Wildman–Crippen MR) is 102 cm³/mol. The topological polar surface area (TPSA) is 60.5 Å². The Kier molecular flexibility index (Phi) is 5.50. The molecule has 3 rings (SSSR count). The first-order valence-corrected chi connectivity index (χ1v) is 8.65. The molecule has 1 aliphatic heterocycles. The Bertz CT molecular complexity index is 716. The number of urea groups is 1. The van der Waals surface area contributed by atoms with Crippen LogP contribution in [0.3, 0.4) is 0 Å². The number of aryl methyl sites for hydroxylation is 1. The standard InChI is InChI=1S/C19H25N5O/c1-15-5-3-10-20-18(15)22-19(25)21-16-6-8-17(9-7-16)24-12-4-11-23(2)13-14-24/h3,5-10H,4,11-14H2,1-2H3,(H2,20,21,22,25). The highest BCUT2D eigenvalue weighted by atomic mass is 16.2. The zero-order valence-electron chi connectivity index (χ0n) is 14.8. The van der Waals surface area contributed by atoms with Crippen molar-refractivity contribution in [2.45, 2.75) is 13.3 Å². The lowest BCUT2D eigenvalue weighted by molar-refractivity contribution is 0.262. The molecule has 1 aromatic carbocycles. The smallest absolute Gasteiger partial charge is 0.324 e. The van der Waals surface area contributed by atoms with E-state index in [1.165, 1.54) is 12.1 Å². The quantitative estimate of drug-likeness (QED) is 0.902. The molecule has 132 valence electrons. The fraction of sp³-hybridized carbons (Fsp3) is 0.368. The molecule has 0 bridgehead atoms. The number of anilines is 3. The fourth-order valence-corrected chi connectivity index (χ4v) is 2.95. The second-order valence-corrected chi connectivity index (χ2v) is 6.44. The molecule has 0 atom stereocenters. The maximum Gasteiger partial charge on any atom is 0.324 e. The molecule has 1 saturated heterocycles. The second-order valence-electron chi connectivity index (χ2n) is 6.44. The number of pyridine rings is 1. The van der Waals surface area contributed by atoms with Crippen molar-refractivity contribution in [3.63, 3.8) is 0 Å². The number of aromatic nitrogens is 1. The Balaban J connectivity index is 1.59. The number of hydrogen-bond acceptors (Lipinski definition) is 4. The Hall–Kier alpha value is -2.60. The van der Waals surface area contributed by atoms with Crippen molar-refractivity contribution < 1.29 is 4.79 Å². The van der Waals surface area contributed by atoms with Gasteiger partial charge in [-0.25, -0.2) is 9.78 Å². The van der Waals surface area contributed by atoms with Gasteiger partial charge in [0, 0.05) is 37.2 Å². The minimum atomic E-state index is -0.286. The minimum Gasteiger partial charge on any atom is -0.370 e. The second kappa shape index (κ2) is 7.98. The van der Waals surface area contributed by atoms with Crippen LogP contribution in [0.4, 0.5) is 22.0 Å². The van der Waals surface area contributed by atoms with Gasteiger partial charge in [0.1, 0.15) is 5.82 Å². The van der Waals surface area contributed by atoms with Crippen molar-refractivity contribution in [3.8, 4) is 0 Å². The molecule has 1 fully saturated rings. The number of carbonyl (C=O) groups excluding carboxylic acids is 1. The van der Waals surface area contributed by atoms with Crippen LogP contribution in [0.15, 0.2) is 42.6 Å². The molecule has 0 saturated carbocycles. The number of nitrogens with one attached hydrogen (secondary N) is 2. The molecular weight excluding hydrogens is 314 g/mol. The molecule has 2 amide bonds. The predicted octanol–water partition coefficient (Wildman–Crippen LogP) is 3.18. The summed E-state index contributed by atoms with van der Waals surface area (Å²) in [5.41, 5.74) is 2.89. The van der Waals surface area contributed by atoms with Gasteiger partial charge in [0.15, 0.2) is 0 Å². The SMILES string of the molecule is Cc1cccnc1NC(=O)Nc1ccc(N2CCCN(C)CC2)cc1. The van der Waals surface area contributed by atoms with Crippen LogP contribution in [0.1, 0.15) is 12.0 Å². The van der Waals surface area contributed by atoms with E-state index in [0.29, 0.717) is 5.82 Å². The van der Waals surface area contributed by atoms with Crippen LogP contribution >= 0.6 is 0 Å². The van der Waals surface area contributed by atoms with Crippen molar-refractivity contribution in [2.75, 3.05) is 48.8 Å². The summed E-state index contributed by atoms with van der Waals surface area (Å²) in [5, 5.41) is 5.62. The maximum atomic E-state index is 12.1. The average molecular weight is 339 g/mol. The summed E-state index contributed by atoms with van der Waals surface area (Å²) in [6.45, 7) is 6.23. The lowest BCUT2D eigenvalue weighted by Gasteiger charge is -2.23. The molecule has 1 aromatic heterocycles. The van der Waals surface area contributed by atoms with Gasteiger partial charge in [-0.2, -0.15) is 0 Å². The Labute approximate surface area is 148 Å². The van der Waals surface area contributed by atoms with E-state index in [4.69, 9.17) is 0 Å². The largest absolute Gasteiger partial charge is 0.370 e. The van der Waals surface area contributed by atoms with Crippen LogP contribution in [0, 0.1) is 6.92 Å². The molecule has 0 spiro atoms. The molecule has 2 aromatic rings. The van der Waals surface area contributed by atoms with E-state index in [2.05, 4.69) is 44.6 Å². The third-order valence-electron chi connectivity index (χ3n) is 4.45. The van der Waals surface area contributed by atoms with Crippen LogP contribution in [0.5, 0.6) is 0 Å². The Morgan fingerprint density at radius 1 is 1.04 bits per heavy atom. The minimum absolute atomic E-state index is 0.286. The molecule has 1 aliphatic rings. The highest BCUT2D eigenvalue weighted by Gasteiger charge is 2.12. The summed E-state index contributed by atoms with van der Waals surface area (Å²) < 4.78 is 0. The highest BCUT2D eigenvalue weighted by Crippen LogP contribution is 2.20. The van der Waals surface area contributed by atoms with Gasteiger partial charge < -0.3 is 15.1 Å². The van der Waals surface area contributed by atoms with Crippen LogP contribution in [-0.4, -0.2) is 49.1 Å². The van der Waals surface area contributed by atoms with Crippen molar-refractivity contribution in [2.24, 2.45) is 0 Å². The molecule has 0 radical (unpaired) electrons. The van der Waals surface area contributed by atoms with Crippen molar-refractivity contribution in [3.05, 3.63) is 48.2 Å². The first-order valence-electron chi connectivity index (χ1n) is 8.65.